The van der Waals surface area contributed by atoms with Crippen molar-refractivity contribution >= 4 is 18.1 Å². The van der Waals surface area contributed by atoms with Gasteiger partial charge in [-0.15, -0.1) is 5.10 Å². The number of aryl methyl sites for hydroxylation is 1. The average Bonchev–Trinajstić information content (AvgIpc) is 3.07. The summed E-state index contributed by atoms with van der Waals surface area (Å²) in [4.78, 5) is 21.9. The lowest BCUT2D eigenvalue weighted by atomic mass is 9.96. The van der Waals surface area contributed by atoms with Crippen molar-refractivity contribution in [2.24, 2.45) is 10.1 Å². The summed E-state index contributed by atoms with van der Waals surface area (Å²) in [6.07, 6.45) is 3.22. The minimum Gasteiger partial charge on any atom is -0.507 e. The smallest absolute Gasteiger partial charge is 0.321 e. The van der Waals surface area contributed by atoms with Gasteiger partial charge in [-0.3, -0.25) is 10.3 Å². The molecule has 1 spiro atoms. The van der Waals surface area contributed by atoms with Crippen LogP contribution >= 0.6 is 0 Å². The first-order valence-electron chi connectivity index (χ1n) is 9.43. The molecule has 4 rings (SSSR count). The maximum Gasteiger partial charge on any atom is 0.321 e. The molecule has 0 aliphatic carbocycles. The second-order valence-corrected chi connectivity index (χ2v) is 7.18. The number of aromatic nitrogens is 3. The molecule has 0 amide bonds. The highest BCUT2D eigenvalue weighted by molar-refractivity contribution is 6.04. The number of aliphatic imine (C=N–C) groups is 1. The second-order valence-electron chi connectivity index (χ2n) is 7.18. The van der Waals surface area contributed by atoms with Crippen LogP contribution in [0.4, 0.5) is 5.95 Å². The van der Waals surface area contributed by atoms with Crippen molar-refractivity contribution in [3.8, 4) is 11.8 Å². The predicted molar refractivity (Wildman–Crippen MR) is 109 cm³/mol. The van der Waals surface area contributed by atoms with E-state index in [0.717, 1.165) is 25.9 Å². The van der Waals surface area contributed by atoms with Crippen molar-refractivity contribution in [2.75, 3.05) is 32.1 Å². The zero-order valence-corrected chi connectivity index (χ0v) is 16.7. The third kappa shape index (κ3) is 3.70. The number of phenolic OH excluding ortho intramolecular Hbond substituents is 1. The third-order valence-corrected chi connectivity index (χ3v) is 5.16. The Morgan fingerprint density at radius 2 is 1.97 bits per heavy atom. The number of hydrogen-bond donors (Lipinski definition) is 2. The number of guanidine groups is 1. The van der Waals surface area contributed by atoms with Gasteiger partial charge < -0.3 is 14.7 Å². The van der Waals surface area contributed by atoms with Gasteiger partial charge in [0.1, 0.15) is 17.2 Å². The Balaban J connectivity index is 1.73. The number of ether oxygens (including phenoxy) is 1. The van der Waals surface area contributed by atoms with Crippen LogP contribution in [-0.4, -0.2) is 70.0 Å². The SMILES string of the molecule is COc1nc(C)nc(N2C(/N=C/c3ccccc3O)=NNC23CCN(C)CC3)n1. The Hall–Kier alpha value is -3.27. The van der Waals surface area contributed by atoms with E-state index in [0.29, 0.717) is 23.3 Å². The molecule has 2 aliphatic rings. The van der Waals surface area contributed by atoms with Crippen LogP contribution in [0.5, 0.6) is 11.8 Å². The van der Waals surface area contributed by atoms with Crippen molar-refractivity contribution in [1.29, 1.82) is 0 Å². The summed E-state index contributed by atoms with van der Waals surface area (Å²) >= 11 is 0. The van der Waals surface area contributed by atoms with E-state index < -0.39 is 5.66 Å². The summed E-state index contributed by atoms with van der Waals surface area (Å²) in [6.45, 7) is 3.59. The highest BCUT2D eigenvalue weighted by Gasteiger charge is 2.47. The van der Waals surface area contributed by atoms with Crippen molar-refractivity contribution < 1.29 is 9.84 Å². The number of piperidine rings is 1. The van der Waals surface area contributed by atoms with E-state index in [1.165, 1.54) is 7.11 Å². The molecule has 0 radical (unpaired) electrons. The fourth-order valence-corrected chi connectivity index (χ4v) is 3.50. The van der Waals surface area contributed by atoms with Crippen LogP contribution in [0.25, 0.3) is 0 Å². The molecule has 0 saturated carbocycles. The van der Waals surface area contributed by atoms with Gasteiger partial charge in [-0.2, -0.15) is 15.0 Å². The van der Waals surface area contributed by atoms with Gasteiger partial charge in [0, 0.05) is 37.7 Å². The highest BCUT2D eigenvalue weighted by atomic mass is 16.5. The van der Waals surface area contributed by atoms with Crippen LogP contribution in [-0.2, 0) is 0 Å². The normalized spacial score (nSPS) is 18.9. The summed E-state index contributed by atoms with van der Waals surface area (Å²) in [5, 5.41) is 14.5. The summed E-state index contributed by atoms with van der Waals surface area (Å²) in [6, 6.07) is 7.25. The van der Waals surface area contributed by atoms with Gasteiger partial charge in [0.2, 0.25) is 5.95 Å². The summed E-state index contributed by atoms with van der Waals surface area (Å²) < 4.78 is 5.24. The van der Waals surface area contributed by atoms with Crippen LogP contribution in [0.15, 0.2) is 34.4 Å². The Labute approximate surface area is 169 Å². The van der Waals surface area contributed by atoms with Gasteiger partial charge in [0.05, 0.1) is 7.11 Å². The number of hydrazone groups is 1. The number of phenols is 1. The molecule has 10 heteroatoms. The minimum atomic E-state index is -0.475. The molecule has 2 N–H and O–H groups in total. The molecule has 3 heterocycles. The minimum absolute atomic E-state index is 0.154. The molecule has 152 valence electrons. The Bertz CT molecular complexity index is 953. The Morgan fingerprint density at radius 1 is 1.21 bits per heavy atom. The molecule has 1 aromatic carbocycles. The molecule has 10 nitrogen and oxygen atoms in total. The Kier molecular flexibility index (Phi) is 5.01. The van der Waals surface area contributed by atoms with E-state index in [9.17, 15) is 5.11 Å². The number of para-hydroxylation sites is 1. The number of methoxy groups -OCH3 is 1. The van der Waals surface area contributed by atoms with Crippen LogP contribution in [0.2, 0.25) is 0 Å². The second kappa shape index (κ2) is 7.63. The first kappa shape index (κ1) is 19.1. The first-order valence-corrected chi connectivity index (χ1v) is 9.43. The summed E-state index contributed by atoms with van der Waals surface area (Å²) in [5.41, 5.74) is 3.39. The van der Waals surface area contributed by atoms with E-state index in [1.54, 1.807) is 31.3 Å². The number of likely N-dealkylation sites (tertiary alicyclic amines) is 1. The van der Waals surface area contributed by atoms with Gasteiger partial charge in [-0.05, 0) is 26.1 Å². The average molecular weight is 396 g/mol. The molecule has 1 aromatic heterocycles. The quantitative estimate of drug-likeness (QED) is 0.743. The maximum absolute atomic E-state index is 10.0. The third-order valence-electron chi connectivity index (χ3n) is 5.16. The van der Waals surface area contributed by atoms with Crippen LogP contribution < -0.4 is 15.1 Å². The van der Waals surface area contributed by atoms with E-state index in [2.05, 4.69) is 42.4 Å². The summed E-state index contributed by atoms with van der Waals surface area (Å²) in [7, 11) is 3.62. The number of benzene rings is 1. The lowest BCUT2D eigenvalue weighted by Crippen LogP contribution is -2.60. The fraction of sp³-hybridized carbons (Fsp3) is 0.421. The van der Waals surface area contributed by atoms with Crippen molar-refractivity contribution in [1.82, 2.24) is 25.3 Å². The molecule has 29 heavy (non-hydrogen) atoms. The van der Waals surface area contributed by atoms with E-state index in [-0.39, 0.29) is 11.8 Å². The van der Waals surface area contributed by atoms with Crippen molar-refractivity contribution in [3.05, 3.63) is 35.7 Å². The number of nitrogens with zero attached hydrogens (tertiary/aromatic N) is 7. The molecule has 2 aliphatic heterocycles. The number of rotatable bonds is 3. The largest absolute Gasteiger partial charge is 0.507 e. The van der Waals surface area contributed by atoms with Crippen molar-refractivity contribution in [2.45, 2.75) is 25.4 Å². The first-order chi connectivity index (χ1) is 14.0. The molecular weight excluding hydrogens is 372 g/mol. The van der Waals surface area contributed by atoms with Gasteiger partial charge in [0.15, 0.2) is 0 Å². The Morgan fingerprint density at radius 3 is 2.69 bits per heavy atom. The van der Waals surface area contributed by atoms with Gasteiger partial charge in [0.25, 0.3) is 5.96 Å². The van der Waals surface area contributed by atoms with Crippen LogP contribution in [0, 0.1) is 6.92 Å². The van der Waals surface area contributed by atoms with Crippen LogP contribution in [0.1, 0.15) is 24.2 Å². The number of anilines is 1. The molecular formula is C19H24N8O2. The molecule has 0 unspecified atom stereocenters. The van der Waals surface area contributed by atoms with Gasteiger partial charge in [-0.25, -0.2) is 4.99 Å². The molecule has 1 fully saturated rings. The molecule has 1 saturated heterocycles. The zero-order valence-electron chi connectivity index (χ0n) is 16.7. The standard InChI is InChI=1S/C19H24N8O2/c1-13-21-17(23-18(22-13)29-3)27-16(20-12-14-6-4-5-7-15(14)28)24-25-19(27)8-10-26(2)11-9-19/h4-7,12,25,28H,8-11H2,1-3H3/b20-12+. The lowest BCUT2D eigenvalue weighted by Gasteiger charge is -2.42. The van der Waals surface area contributed by atoms with Gasteiger partial charge >= 0.3 is 6.01 Å². The summed E-state index contributed by atoms with van der Waals surface area (Å²) in [5.74, 6) is 1.55. The van der Waals surface area contributed by atoms with E-state index in [4.69, 9.17) is 4.74 Å². The number of aromatic hydroxyl groups is 1. The maximum atomic E-state index is 10.0. The van der Waals surface area contributed by atoms with Crippen molar-refractivity contribution in [3.63, 3.8) is 0 Å². The van der Waals surface area contributed by atoms with E-state index >= 15 is 0 Å². The zero-order chi connectivity index (χ0) is 20.4. The van der Waals surface area contributed by atoms with E-state index in [1.807, 2.05) is 11.0 Å². The molecule has 0 bridgehead atoms. The number of hydrogen-bond acceptors (Lipinski definition) is 10. The number of nitrogens with one attached hydrogen (secondary N) is 1. The highest BCUT2D eigenvalue weighted by Crippen LogP contribution is 2.33. The molecule has 2 aromatic rings. The monoisotopic (exact) mass is 396 g/mol. The predicted octanol–water partition coefficient (Wildman–Crippen LogP) is 1.12. The van der Waals surface area contributed by atoms with Gasteiger partial charge in [-0.1, -0.05) is 12.1 Å². The topological polar surface area (TPSA) is 111 Å². The lowest BCUT2D eigenvalue weighted by molar-refractivity contribution is 0.171. The molecule has 0 atom stereocenters. The fourth-order valence-electron chi connectivity index (χ4n) is 3.50. The van der Waals surface area contributed by atoms with Crippen LogP contribution in [0.3, 0.4) is 0 Å².